The summed E-state index contributed by atoms with van der Waals surface area (Å²) in [7, 11) is -3.80. The van der Waals surface area contributed by atoms with Crippen LogP contribution in [-0.2, 0) is 21.0 Å². The van der Waals surface area contributed by atoms with Crippen molar-refractivity contribution in [2.45, 2.75) is 69.8 Å². The SMILES string of the molecule is CCS(=O)(=O)c1nc(N2[C@@H]3CC[C@H]2CN(C(=O)OC(C)(C)C)C3)c2c3c(c(Br)c(F)c2n1)OCC3. The predicted molar refractivity (Wildman–Crippen MR) is 131 cm³/mol. The van der Waals surface area contributed by atoms with E-state index in [9.17, 15) is 13.2 Å². The van der Waals surface area contributed by atoms with Gasteiger partial charge in [0.05, 0.1) is 22.2 Å². The van der Waals surface area contributed by atoms with Crippen LogP contribution in [0.5, 0.6) is 5.75 Å². The zero-order chi connectivity index (χ0) is 25.3. The fourth-order valence-electron chi connectivity index (χ4n) is 5.14. The summed E-state index contributed by atoms with van der Waals surface area (Å²) in [6.07, 6.45) is 1.75. The molecule has 2 fully saturated rings. The summed E-state index contributed by atoms with van der Waals surface area (Å²) in [4.78, 5) is 25.2. The number of rotatable bonds is 3. The van der Waals surface area contributed by atoms with Gasteiger partial charge in [0, 0.05) is 37.2 Å². The molecule has 0 radical (unpaired) electrons. The van der Waals surface area contributed by atoms with Crippen LogP contribution in [0.2, 0.25) is 0 Å². The van der Waals surface area contributed by atoms with Crippen LogP contribution in [0.15, 0.2) is 9.63 Å². The van der Waals surface area contributed by atoms with E-state index in [0.29, 0.717) is 43.1 Å². The smallest absolute Gasteiger partial charge is 0.410 e. The summed E-state index contributed by atoms with van der Waals surface area (Å²) in [5, 5.41) is 0.0945. The molecule has 2 atom stereocenters. The third-order valence-corrected chi connectivity index (χ3v) is 8.89. The minimum atomic E-state index is -3.80. The van der Waals surface area contributed by atoms with Crippen LogP contribution in [0.25, 0.3) is 10.9 Å². The monoisotopic (exact) mass is 570 g/mol. The lowest BCUT2D eigenvalue weighted by Gasteiger charge is -2.42. The second-order valence-electron chi connectivity index (χ2n) is 10.2. The molecule has 0 aliphatic carbocycles. The van der Waals surface area contributed by atoms with Gasteiger partial charge in [-0.25, -0.2) is 27.6 Å². The van der Waals surface area contributed by atoms with Gasteiger partial charge in [-0.1, -0.05) is 6.92 Å². The van der Waals surface area contributed by atoms with Gasteiger partial charge in [-0.2, -0.15) is 0 Å². The van der Waals surface area contributed by atoms with Crippen molar-refractivity contribution in [2.75, 3.05) is 30.3 Å². The van der Waals surface area contributed by atoms with E-state index in [1.165, 1.54) is 6.92 Å². The summed E-state index contributed by atoms with van der Waals surface area (Å²) < 4.78 is 52.5. The lowest BCUT2D eigenvalue weighted by molar-refractivity contribution is 0.0209. The number of piperazine rings is 1. The van der Waals surface area contributed by atoms with Gasteiger partial charge in [0.15, 0.2) is 5.82 Å². The van der Waals surface area contributed by atoms with Crippen molar-refractivity contribution in [2.24, 2.45) is 0 Å². The number of sulfone groups is 1. The molecule has 0 N–H and O–H groups in total. The molecule has 12 heteroatoms. The molecule has 2 saturated heterocycles. The van der Waals surface area contributed by atoms with E-state index in [1.54, 1.807) is 4.90 Å². The van der Waals surface area contributed by atoms with Crippen LogP contribution in [0.3, 0.4) is 0 Å². The fourth-order valence-corrected chi connectivity index (χ4v) is 6.39. The average Bonchev–Trinajstić information content (AvgIpc) is 3.37. The van der Waals surface area contributed by atoms with Crippen molar-refractivity contribution in [3.05, 3.63) is 15.9 Å². The number of likely N-dealkylation sites (tertiary alicyclic amines) is 1. The number of ether oxygens (including phenoxy) is 2. The first-order chi connectivity index (χ1) is 16.4. The van der Waals surface area contributed by atoms with Crippen LogP contribution in [0.1, 0.15) is 46.1 Å². The van der Waals surface area contributed by atoms with Crippen molar-refractivity contribution < 1.29 is 27.1 Å². The third kappa shape index (κ3) is 4.12. The summed E-state index contributed by atoms with van der Waals surface area (Å²) in [6, 6.07) is -0.220. The maximum Gasteiger partial charge on any atom is 0.410 e. The Hall–Kier alpha value is -2.21. The molecule has 2 aromatic rings. The van der Waals surface area contributed by atoms with Crippen LogP contribution < -0.4 is 9.64 Å². The minimum Gasteiger partial charge on any atom is -0.492 e. The fraction of sp³-hybridized carbons (Fsp3) is 0.609. The summed E-state index contributed by atoms with van der Waals surface area (Å²) >= 11 is 3.27. The van der Waals surface area contributed by atoms with Crippen molar-refractivity contribution in [3.8, 4) is 5.75 Å². The number of carbonyl (C=O) groups is 1. The molecule has 0 spiro atoms. The van der Waals surface area contributed by atoms with E-state index >= 15 is 4.39 Å². The lowest BCUT2D eigenvalue weighted by Crippen LogP contribution is -2.56. The molecule has 3 aliphatic rings. The number of halogens is 2. The summed E-state index contributed by atoms with van der Waals surface area (Å²) in [5.74, 6) is -0.0672. The van der Waals surface area contributed by atoms with Crippen molar-refractivity contribution in [1.29, 1.82) is 0 Å². The Kier molecular flexibility index (Phi) is 5.90. The first-order valence-corrected chi connectivity index (χ1v) is 14.2. The van der Waals surface area contributed by atoms with Crippen LogP contribution in [-0.4, -0.2) is 72.5 Å². The number of benzene rings is 1. The van der Waals surface area contributed by atoms with Crippen molar-refractivity contribution in [1.82, 2.24) is 14.9 Å². The number of anilines is 1. The Morgan fingerprint density at radius 3 is 2.49 bits per heavy atom. The van der Waals surface area contributed by atoms with Gasteiger partial charge in [0.2, 0.25) is 15.0 Å². The van der Waals surface area contributed by atoms with Gasteiger partial charge in [0.25, 0.3) is 0 Å². The Balaban J connectivity index is 1.65. The first kappa shape index (κ1) is 24.5. The molecule has 5 rings (SSSR count). The minimum absolute atomic E-state index is 0.0351. The van der Waals surface area contributed by atoms with Gasteiger partial charge in [-0.3, -0.25) is 0 Å². The number of nitrogens with zero attached hydrogens (tertiary/aromatic N) is 4. The van der Waals surface area contributed by atoms with E-state index in [-0.39, 0.29) is 39.1 Å². The number of amides is 1. The molecule has 9 nitrogen and oxygen atoms in total. The van der Waals surface area contributed by atoms with Crippen molar-refractivity contribution >= 4 is 48.6 Å². The van der Waals surface area contributed by atoms with E-state index in [0.717, 1.165) is 18.4 Å². The Morgan fingerprint density at radius 1 is 1.23 bits per heavy atom. The largest absolute Gasteiger partial charge is 0.492 e. The molecule has 0 unspecified atom stereocenters. The molecular weight excluding hydrogens is 543 g/mol. The van der Waals surface area contributed by atoms with Gasteiger partial charge < -0.3 is 19.3 Å². The molecule has 190 valence electrons. The van der Waals surface area contributed by atoms with Gasteiger partial charge >= 0.3 is 6.09 Å². The van der Waals surface area contributed by atoms with Crippen molar-refractivity contribution in [3.63, 3.8) is 0 Å². The molecule has 2 bridgehead atoms. The van der Waals surface area contributed by atoms with Gasteiger partial charge in [-0.05, 0) is 49.5 Å². The van der Waals surface area contributed by atoms with Gasteiger partial charge in [-0.15, -0.1) is 0 Å². The van der Waals surface area contributed by atoms with E-state index in [2.05, 4.69) is 30.8 Å². The van der Waals surface area contributed by atoms with E-state index in [1.807, 2.05) is 20.8 Å². The van der Waals surface area contributed by atoms with E-state index < -0.39 is 21.3 Å². The Bertz CT molecular complexity index is 1320. The third-order valence-electron chi connectivity index (χ3n) is 6.68. The normalized spacial score (nSPS) is 21.9. The van der Waals surface area contributed by atoms with Crippen LogP contribution >= 0.6 is 15.9 Å². The highest BCUT2D eigenvalue weighted by atomic mass is 79.9. The second-order valence-corrected chi connectivity index (χ2v) is 13.1. The van der Waals surface area contributed by atoms with Crippen LogP contribution in [0, 0.1) is 5.82 Å². The first-order valence-electron chi connectivity index (χ1n) is 11.7. The zero-order valence-electron chi connectivity index (χ0n) is 20.1. The summed E-state index contributed by atoms with van der Waals surface area (Å²) in [6.45, 7) is 8.19. The number of hydrogen-bond acceptors (Lipinski definition) is 8. The maximum absolute atomic E-state index is 15.5. The highest BCUT2D eigenvalue weighted by Crippen LogP contribution is 2.46. The number of hydrogen-bond donors (Lipinski definition) is 0. The zero-order valence-corrected chi connectivity index (χ0v) is 22.5. The molecule has 1 amide bonds. The molecule has 35 heavy (non-hydrogen) atoms. The lowest BCUT2D eigenvalue weighted by atomic mass is 10.0. The molecule has 0 saturated carbocycles. The predicted octanol–water partition coefficient (Wildman–Crippen LogP) is 3.85. The number of carbonyl (C=O) groups excluding carboxylic acids is 1. The highest BCUT2D eigenvalue weighted by molar-refractivity contribution is 9.10. The molecular formula is C23H28BrFN4O5S. The molecule has 1 aromatic heterocycles. The summed E-state index contributed by atoms with van der Waals surface area (Å²) in [5.41, 5.74) is 0.121. The number of fused-ring (bicyclic) bond motifs is 5. The Morgan fingerprint density at radius 2 is 1.89 bits per heavy atom. The maximum atomic E-state index is 15.5. The topological polar surface area (TPSA) is 102 Å². The van der Waals surface area contributed by atoms with Gasteiger partial charge in [0.1, 0.15) is 22.7 Å². The standard InChI is InChI=1S/C23H28BrFN4O5S/c1-5-35(31,32)21-26-18-15(14-8-9-33-19(14)16(24)17(18)25)20(27-21)29-12-6-7-13(29)11-28(10-12)22(30)34-23(2,3)4/h12-13H,5-11H2,1-4H3/t12-,13+. The average molecular weight is 571 g/mol. The Labute approximate surface area is 212 Å². The molecule has 3 aliphatic heterocycles. The molecule has 1 aromatic carbocycles. The number of aromatic nitrogens is 2. The van der Waals surface area contributed by atoms with E-state index in [4.69, 9.17) is 9.47 Å². The quantitative estimate of drug-likeness (QED) is 0.513. The highest BCUT2D eigenvalue weighted by Gasteiger charge is 2.45. The van der Waals surface area contributed by atoms with Crippen LogP contribution in [0.4, 0.5) is 15.0 Å². The molecule has 4 heterocycles. The second kappa shape index (κ2) is 8.43.